The van der Waals surface area contributed by atoms with Crippen LogP contribution in [0.3, 0.4) is 0 Å². The van der Waals surface area contributed by atoms with Crippen molar-refractivity contribution in [2.45, 2.75) is 23.1 Å². The number of nitro groups is 1. The first-order chi connectivity index (χ1) is 15.2. The van der Waals surface area contributed by atoms with Crippen LogP contribution in [-0.2, 0) is 13.0 Å². The third-order valence-corrected chi connectivity index (χ3v) is 5.59. The highest BCUT2D eigenvalue weighted by Crippen LogP contribution is 2.33. The average molecular weight is 433 g/mol. The molecule has 9 heteroatoms. The highest BCUT2D eigenvalue weighted by Gasteiger charge is 2.19. The summed E-state index contributed by atoms with van der Waals surface area (Å²) in [5.74, 6) is 1.40. The molecule has 0 amide bonds. The lowest BCUT2D eigenvalue weighted by Gasteiger charge is -2.12. The van der Waals surface area contributed by atoms with Gasteiger partial charge in [-0.2, -0.15) is 0 Å². The van der Waals surface area contributed by atoms with Gasteiger partial charge in [0, 0.05) is 12.6 Å². The van der Waals surface area contributed by atoms with Crippen LogP contribution in [-0.4, -0.2) is 31.8 Å². The Labute approximate surface area is 183 Å². The van der Waals surface area contributed by atoms with Crippen LogP contribution in [0.15, 0.2) is 83.1 Å². The van der Waals surface area contributed by atoms with E-state index in [0.29, 0.717) is 28.3 Å². The molecule has 0 N–H and O–H groups in total. The summed E-state index contributed by atoms with van der Waals surface area (Å²) in [5, 5.41) is 20.9. The van der Waals surface area contributed by atoms with Crippen LogP contribution in [0.2, 0.25) is 0 Å². The van der Waals surface area contributed by atoms with Gasteiger partial charge in [0.05, 0.1) is 17.6 Å². The van der Waals surface area contributed by atoms with Crippen molar-refractivity contribution in [3.63, 3.8) is 0 Å². The SMILES string of the molecule is COc1ccccc1-c1nnc(Sc2ccc([N+](=O)[O-])cn2)n1CCc1ccccc1. The number of aromatic nitrogens is 4. The van der Waals surface area contributed by atoms with Gasteiger partial charge in [0.15, 0.2) is 11.0 Å². The van der Waals surface area contributed by atoms with Gasteiger partial charge in [-0.15, -0.1) is 10.2 Å². The van der Waals surface area contributed by atoms with Gasteiger partial charge in [-0.1, -0.05) is 42.5 Å². The van der Waals surface area contributed by atoms with Crippen molar-refractivity contribution in [1.82, 2.24) is 19.7 Å². The first kappa shape index (κ1) is 20.5. The average Bonchev–Trinajstić information content (AvgIpc) is 3.20. The molecule has 156 valence electrons. The number of methoxy groups -OCH3 is 1. The molecular formula is C22H19N5O3S. The number of hydrogen-bond acceptors (Lipinski definition) is 7. The minimum absolute atomic E-state index is 0.0513. The molecule has 0 aliphatic carbocycles. The van der Waals surface area contributed by atoms with E-state index < -0.39 is 4.92 Å². The molecule has 0 saturated carbocycles. The third-order valence-electron chi connectivity index (χ3n) is 4.66. The topological polar surface area (TPSA) is 96.0 Å². The zero-order chi connectivity index (χ0) is 21.6. The van der Waals surface area contributed by atoms with Gasteiger partial charge in [0.25, 0.3) is 5.69 Å². The lowest BCUT2D eigenvalue weighted by Crippen LogP contribution is -2.06. The van der Waals surface area contributed by atoms with E-state index in [1.807, 2.05) is 47.0 Å². The molecular weight excluding hydrogens is 414 g/mol. The zero-order valence-corrected chi connectivity index (χ0v) is 17.5. The van der Waals surface area contributed by atoms with Crippen LogP contribution < -0.4 is 4.74 Å². The van der Waals surface area contributed by atoms with Crippen LogP contribution >= 0.6 is 11.8 Å². The molecule has 4 aromatic rings. The Morgan fingerprint density at radius 2 is 1.81 bits per heavy atom. The number of para-hydroxylation sites is 1. The molecule has 0 bridgehead atoms. The van der Waals surface area contributed by atoms with Crippen molar-refractivity contribution < 1.29 is 9.66 Å². The molecule has 0 aliphatic rings. The number of pyridine rings is 1. The monoisotopic (exact) mass is 433 g/mol. The predicted octanol–water partition coefficient (Wildman–Crippen LogP) is 4.65. The van der Waals surface area contributed by atoms with Crippen molar-refractivity contribution >= 4 is 17.4 Å². The normalized spacial score (nSPS) is 10.7. The number of rotatable bonds is 8. The first-order valence-corrected chi connectivity index (χ1v) is 10.4. The number of ether oxygens (including phenoxy) is 1. The molecule has 0 saturated heterocycles. The minimum Gasteiger partial charge on any atom is -0.496 e. The molecule has 8 nitrogen and oxygen atoms in total. The Morgan fingerprint density at radius 1 is 1.03 bits per heavy atom. The summed E-state index contributed by atoms with van der Waals surface area (Å²) in [5.41, 5.74) is 1.99. The number of hydrogen-bond donors (Lipinski definition) is 0. The van der Waals surface area contributed by atoms with Gasteiger partial charge in [-0.05, 0) is 41.9 Å². The van der Waals surface area contributed by atoms with Crippen LogP contribution in [0, 0.1) is 10.1 Å². The second-order valence-corrected chi connectivity index (χ2v) is 7.60. The summed E-state index contributed by atoms with van der Waals surface area (Å²) in [7, 11) is 1.62. The number of aryl methyl sites for hydroxylation is 1. The van der Waals surface area contributed by atoms with Gasteiger partial charge in [-0.3, -0.25) is 10.1 Å². The van der Waals surface area contributed by atoms with E-state index in [0.717, 1.165) is 12.0 Å². The van der Waals surface area contributed by atoms with Gasteiger partial charge in [-0.25, -0.2) is 4.98 Å². The molecule has 2 heterocycles. The maximum atomic E-state index is 10.9. The Hall–Kier alpha value is -3.72. The van der Waals surface area contributed by atoms with Gasteiger partial charge >= 0.3 is 0 Å². The maximum Gasteiger partial charge on any atom is 0.287 e. The van der Waals surface area contributed by atoms with Crippen molar-refractivity contribution in [3.05, 3.63) is 88.6 Å². The van der Waals surface area contributed by atoms with Gasteiger partial charge in [0.1, 0.15) is 17.0 Å². The molecule has 4 rings (SSSR count). The quantitative estimate of drug-likeness (QED) is 0.295. The predicted molar refractivity (Wildman–Crippen MR) is 117 cm³/mol. The minimum atomic E-state index is -0.469. The van der Waals surface area contributed by atoms with E-state index in [9.17, 15) is 10.1 Å². The first-order valence-electron chi connectivity index (χ1n) is 9.54. The summed E-state index contributed by atoms with van der Waals surface area (Å²) < 4.78 is 7.54. The third kappa shape index (κ3) is 4.72. The smallest absolute Gasteiger partial charge is 0.287 e. The second-order valence-electron chi connectivity index (χ2n) is 6.61. The summed E-state index contributed by atoms with van der Waals surface area (Å²) >= 11 is 1.31. The largest absolute Gasteiger partial charge is 0.496 e. The highest BCUT2D eigenvalue weighted by atomic mass is 32.2. The molecule has 31 heavy (non-hydrogen) atoms. The van der Waals surface area contributed by atoms with E-state index in [2.05, 4.69) is 27.3 Å². The van der Waals surface area contributed by atoms with Gasteiger partial charge in [0.2, 0.25) is 0 Å². The standard InChI is InChI=1S/C22H19N5O3S/c1-30-19-10-6-5-9-18(19)21-24-25-22(26(21)14-13-16-7-3-2-4-8-16)31-20-12-11-17(15-23-20)27(28)29/h2-12,15H,13-14H2,1H3. The Balaban J connectivity index is 1.68. The number of nitrogens with zero attached hydrogens (tertiary/aromatic N) is 5. The van der Waals surface area contributed by atoms with Crippen LogP contribution in [0.5, 0.6) is 5.75 Å². The second kappa shape index (κ2) is 9.40. The molecule has 0 spiro atoms. The summed E-state index contributed by atoms with van der Waals surface area (Å²) in [6, 6.07) is 20.9. The number of benzene rings is 2. The summed E-state index contributed by atoms with van der Waals surface area (Å²) in [4.78, 5) is 14.6. The van der Waals surface area contributed by atoms with E-state index in [1.54, 1.807) is 13.2 Å². The van der Waals surface area contributed by atoms with Crippen molar-refractivity contribution in [3.8, 4) is 17.1 Å². The van der Waals surface area contributed by atoms with Crippen LogP contribution in [0.25, 0.3) is 11.4 Å². The molecule has 0 radical (unpaired) electrons. The maximum absolute atomic E-state index is 10.9. The van der Waals surface area contributed by atoms with Crippen LogP contribution in [0.4, 0.5) is 5.69 Å². The van der Waals surface area contributed by atoms with E-state index in [1.165, 1.54) is 29.6 Å². The molecule has 0 aliphatic heterocycles. The van der Waals surface area contributed by atoms with Crippen LogP contribution in [0.1, 0.15) is 5.56 Å². The fourth-order valence-electron chi connectivity index (χ4n) is 3.11. The van der Waals surface area contributed by atoms with E-state index in [4.69, 9.17) is 4.74 Å². The Kier molecular flexibility index (Phi) is 6.23. The lowest BCUT2D eigenvalue weighted by atomic mass is 10.1. The molecule has 0 unspecified atom stereocenters. The highest BCUT2D eigenvalue weighted by molar-refractivity contribution is 7.99. The molecule has 0 atom stereocenters. The summed E-state index contributed by atoms with van der Waals surface area (Å²) in [6.07, 6.45) is 2.04. The van der Waals surface area contributed by atoms with Crippen molar-refractivity contribution in [2.75, 3.05) is 7.11 Å². The van der Waals surface area contributed by atoms with E-state index in [-0.39, 0.29) is 5.69 Å². The van der Waals surface area contributed by atoms with E-state index >= 15 is 0 Å². The van der Waals surface area contributed by atoms with Crippen molar-refractivity contribution in [2.24, 2.45) is 0 Å². The molecule has 2 aromatic heterocycles. The summed E-state index contributed by atoms with van der Waals surface area (Å²) in [6.45, 7) is 0.652. The molecule has 2 aromatic carbocycles. The lowest BCUT2D eigenvalue weighted by molar-refractivity contribution is -0.385. The molecule has 0 fully saturated rings. The Morgan fingerprint density at radius 3 is 2.52 bits per heavy atom. The zero-order valence-electron chi connectivity index (χ0n) is 16.7. The van der Waals surface area contributed by atoms with Gasteiger partial charge < -0.3 is 9.30 Å². The Bertz CT molecular complexity index is 1180. The fourth-order valence-corrected chi connectivity index (χ4v) is 3.91. The van der Waals surface area contributed by atoms with Crippen molar-refractivity contribution in [1.29, 1.82) is 0 Å². The fraction of sp³-hybridized carbons (Fsp3) is 0.136.